The van der Waals surface area contributed by atoms with Gasteiger partial charge in [-0.1, -0.05) is 0 Å². The first-order chi connectivity index (χ1) is 6.19. The highest BCUT2D eigenvalue weighted by molar-refractivity contribution is 5.52. The van der Waals surface area contributed by atoms with Crippen LogP contribution in [0.15, 0.2) is 18.3 Å². The summed E-state index contributed by atoms with van der Waals surface area (Å²) in [6.45, 7) is 1.53. The third-order valence-electron chi connectivity index (χ3n) is 1.85. The molecule has 4 heteroatoms. The van der Waals surface area contributed by atoms with E-state index in [0.29, 0.717) is 5.69 Å². The van der Waals surface area contributed by atoms with E-state index < -0.39 is 0 Å². The van der Waals surface area contributed by atoms with Crippen molar-refractivity contribution in [3.63, 3.8) is 0 Å². The Morgan fingerprint density at radius 1 is 1.62 bits per heavy atom. The summed E-state index contributed by atoms with van der Waals surface area (Å²) in [6, 6.07) is 2.67. The fourth-order valence-electron chi connectivity index (χ4n) is 1.12. The largest absolute Gasteiger partial charge is 0.503 e. The lowest BCUT2D eigenvalue weighted by Crippen LogP contribution is -2.42. The van der Waals surface area contributed by atoms with Crippen LogP contribution in [0, 0.1) is 0 Å². The summed E-state index contributed by atoms with van der Waals surface area (Å²) < 4.78 is 1.53. The number of hydrogen-bond donors (Lipinski definition) is 2. The Hall–Kier alpha value is -1.42. The fraction of sp³-hybridized carbons (Fsp3) is 0.333. The number of aliphatic hydroxyl groups excluding tert-OH is 1. The van der Waals surface area contributed by atoms with E-state index in [9.17, 15) is 4.79 Å². The summed E-state index contributed by atoms with van der Waals surface area (Å²) in [6.07, 6.45) is 2.17. The Balaban J connectivity index is 3.14. The van der Waals surface area contributed by atoms with Gasteiger partial charge < -0.3 is 10.2 Å². The van der Waals surface area contributed by atoms with Crippen LogP contribution in [0.25, 0.3) is 0 Å². The Bertz CT molecular complexity index is 312. The van der Waals surface area contributed by atoms with Gasteiger partial charge in [0.05, 0.1) is 0 Å². The van der Waals surface area contributed by atoms with Crippen molar-refractivity contribution >= 4 is 6.29 Å². The average Bonchev–Trinajstić information content (AvgIpc) is 2.16. The molecular formula is C9H12NO3+. The SMILES string of the molecule is CC(C=O)[n+]1cc(O)ccc1CO. The van der Waals surface area contributed by atoms with E-state index in [2.05, 4.69) is 0 Å². The first-order valence-electron chi connectivity index (χ1n) is 3.98. The van der Waals surface area contributed by atoms with Crippen LogP contribution in [0.5, 0.6) is 5.75 Å². The summed E-state index contributed by atoms with van der Waals surface area (Å²) in [4.78, 5) is 10.5. The van der Waals surface area contributed by atoms with E-state index in [4.69, 9.17) is 10.2 Å². The molecule has 0 aliphatic carbocycles. The summed E-state index contributed by atoms with van der Waals surface area (Å²) in [5.74, 6) is 0.0749. The van der Waals surface area contributed by atoms with Crippen molar-refractivity contribution in [3.8, 4) is 5.75 Å². The monoisotopic (exact) mass is 182 g/mol. The number of pyridine rings is 1. The predicted octanol–water partition coefficient (Wildman–Crippen LogP) is -0.0681. The average molecular weight is 182 g/mol. The normalized spacial score (nSPS) is 12.5. The molecule has 70 valence electrons. The summed E-state index contributed by atoms with van der Waals surface area (Å²) in [7, 11) is 0. The van der Waals surface area contributed by atoms with Crippen molar-refractivity contribution in [1.29, 1.82) is 0 Å². The molecule has 1 aromatic rings. The van der Waals surface area contributed by atoms with Crippen LogP contribution in [0.2, 0.25) is 0 Å². The highest BCUT2D eigenvalue weighted by atomic mass is 16.3. The van der Waals surface area contributed by atoms with Crippen LogP contribution in [-0.2, 0) is 11.4 Å². The Kier molecular flexibility index (Phi) is 2.97. The van der Waals surface area contributed by atoms with E-state index in [1.54, 1.807) is 13.0 Å². The smallest absolute Gasteiger partial charge is 0.211 e. The number of aldehydes is 1. The number of aliphatic hydroxyl groups is 1. The summed E-state index contributed by atoms with van der Waals surface area (Å²) in [5, 5.41) is 18.1. The van der Waals surface area contributed by atoms with Crippen LogP contribution in [0.4, 0.5) is 0 Å². The number of carbonyl (C=O) groups excluding carboxylic acids is 1. The van der Waals surface area contributed by atoms with E-state index in [0.717, 1.165) is 6.29 Å². The summed E-state index contributed by atoms with van der Waals surface area (Å²) in [5.41, 5.74) is 0.595. The van der Waals surface area contributed by atoms with Crippen molar-refractivity contribution < 1.29 is 19.6 Å². The lowest BCUT2D eigenvalue weighted by Gasteiger charge is -2.03. The van der Waals surface area contributed by atoms with Gasteiger partial charge in [-0.3, -0.25) is 4.79 Å². The maximum Gasteiger partial charge on any atom is 0.211 e. The van der Waals surface area contributed by atoms with Gasteiger partial charge >= 0.3 is 0 Å². The van der Waals surface area contributed by atoms with E-state index in [-0.39, 0.29) is 18.4 Å². The summed E-state index contributed by atoms with van der Waals surface area (Å²) >= 11 is 0. The number of nitrogens with zero attached hydrogens (tertiary/aromatic N) is 1. The van der Waals surface area contributed by atoms with E-state index in [1.807, 2.05) is 0 Å². The van der Waals surface area contributed by atoms with Crippen molar-refractivity contribution in [2.75, 3.05) is 0 Å². The molecule has 0 bridgehead atoms. The molecule has 0 aliphatic rings. The molecule has 0 aromatic carbocycles. The first-order valence-corrected chi connectivity index (χ1v) is 3.98. The first kappa shape index (κ1) is 9.67. The Morgan fingerprint density at radius 2 is 2.31 bits per heavy atom. The molecule has 2 N–H and O–H groups in total. The fourth-order valence-corrected chi connectivity index (χ4v) is 1.12. The van der Waals surface area contributed by atoms with Crippen LogP contribution in [0.3, 0.4) is 0 Å². The van der Waals surface area contributed by atoms with Gasteiger partial charge in [0.25, 0.3) is 0 Å². The van der Waals surface area contributed by atoms with E-state index in [1.165, 1.54) is 16.8 Å². The van der Waals surface area contributed by atoms with Gasteiger partial charge in [0, 0.05) is 13.0 Å². The van der Waals surface area contributed by atoms with Crippen molar-refractivity contribution in [2.24, 2.45) is 0 Å². The zero-order valence-electron chi connectivity index (χ0n) is 7.34. The molecular weight excluding hydrogens is 170 g/mol. The highest BCUT2D eigenvalue weighted by Crippen LogP contribution is 2.06. The van der Waals surface area contributed by atoms with Gasteiger partial charge in [0.1, 0.15) is 6.61 Å². The van der Waals surface area contributed by atoms with Gasteiger partial charge in [0.15, 0.2) is 12.0 Å². The van der Waals surface area contributed by atoms with Crippen LogP contribution in [0.1, 0.15) is 18.7 Å². The van der Waals surface area contributed by atoms with Crippen LogP contribution in [-0.4, -0.2) is 16.5 Å². The standard InChI is InChI=1S/C9H11NO3/c1-7(5-11)10-4-9(13)3-2-8(10)6-12/h2-5,7,12H,6H2,1H3/p+1. The number of hydrogen-bond acceptors (Lipinski definition) is 3. The highest BCUT2D eigenvalue weighted by Gasteiger charge is 2.17. The zero-order valence-corrected chi connectivity index (χ0v) is 7.34. The van der Waals surface area contributed by atoms with Crippen molar-refractivity contribution in [3.05, 3.63) is 24.0 Å². The molecule has 0 saturated heterocycles. The molecule has 0 saturated carbocycles. The topological polar surface area (TPSA) is 61.4 Å². The maximum absolute atomic E-state index is 10.5. The number of rotatable bonds is 3. The molecule has 4 nitrogen and oxygen atoms in total. The molecule has 0 spiro atoms. The predicted molar refractivity (Wildman–Crippen MR) is 45.0 cm³/mol. The van der Waals surface area contributed by atoms with Crippen LogP contribution < -0.4 is 4.57 Å². The Labute approximate surface area is 76.1 Å². The molecule has 13 heavy (non-hydrogen) atoms. The molecule has 0 amide bonds. The minimum absolute atomic E-state index is 0.0749. The maximum atomic E-state index is 10.5. The van der Waals surface area contributed by atoms with Gasteiger partial charge in [-0.25, -0.2) is 0 Å². The van der Waals surface area contributed by atoms with Gasteiger partial charge in [-0.15, -0.1) is 0 Å². The van der Waals surface area contributed by atoms with Gasteiger partial charge in [0.2, 0.25) is 17.9 Å². The molecule has 1 atom stereocenters. The third-order valence-corrected chi connectivity index (χ3v) is 1.85. The lowest BCUT2D eigenvalue weighted by atomic mass is 10.3. The second-order valence-corrected chi connectivity index (χ2v) is 2.82. The molecule has 1 aromatic heterocycles. The second-order valence-electron chi connectivity index (χ2n) is 2.82. The number of aromatic nitrogens is 1. The van der Waals surface area contributed by atoms with Gasteiger partial charge in [-0.05, 0) is 6.07 Å². The third kappa shape index (κ3) is 2.03. The second kappa shape index (κ2) is 4.00. The minimum Gasteiger partial charge on any atom is -0.503 e. The molecule has 1 unspecified atom stereocenters. The molecule has 1 heterocycles. The number of aromatic hydroxyl groups is 1. The zero-order chi connectivity index (χ0) is 9.84. The molecule has 1 rings (SSSR count). The molecule has 0 fully saturated rings. The Morgan fingerprint density at radius 3 is 2.85 bits per heavy atom. The number of carbonyl (C=O) groups is 1. The van der Waals surface area contributed by atoms with Gasteiger partial charge in [-0.2, -0.15) is 4.57 Å². The van der Waals surface area contributed by atoms with Crippen LogP contribution >= 0.6 is 0 Å². The molecule has 0 aliphatic heterocycles. The van der Waals surface area contributed by atoms with Crippen molar-refractivity contribution in [1.82, 2.24) is 0 Å². The minimum atomic E-state index is -0.380. The van der Waals surface area contributed by atoms with E-state index >= 15 is 0 Å². The van der Waals surface area contributed by atoms with Crippen molar-refractivity contribution in [2.45, 2.75) is 19.6 Å². The quantitative estimate of drug-likeness (QED) is 0.508. The lowest BCUT2D eigenvalue weighted by molar-refractivity contribution is -0.713. The molecule has 0 radical (unpaired) electrons.